The van der Waals surface area contributed by atoms with Gasteiger partial charge in [0.25, 0.3) is 0 Å². The zero-order valence-corrected chi connectivity index (χ0v) is 6.57. The number of aliphatic hydroxyl groups excluding tert-OH is 1. The Morgan fingerprint density at radius 2 is 2.00 bits per heavy atom. The zero-order chi connectivity index (χ0) is 7.42. The number of ether oxygens (including phenoxy) is 1. The van der Waals surface area contributed by atoms with Crippen LogP contribution in [-0.2, 0) is 4.74 Å². The monoisotopic (exact) mass is 154 g/mol. The molecule has 11 heavy (non-hydrogen) atoms. The van der Waals surface area contributed by atoms with Crippen LogP contribution in [-0.4, -0.2) is 23.4 Å². The third-order valence-electron chi connectivity index (χ3n) is 3.59. The van der Waals surface area contributed by atoms with Crippen LogP contribution >= 0.6 is 0 Å². The summed E-state index contributed by atoms with van der Waals surface area (Å²) in [6.45, 7) is 0. The molecule has 0 aromatic heterocycles. The number of aliphatic hydroxyl groups is 1. The summed E-state index contributed by atoms with van der Waals surface area (Å²) in [4.78, 5) is 0. The van der Waals surface area contributed by atoms with Crippen molar-refractivity contribution in [3.05, 3.63) is 0 Å². The van der Waals surface area contributed by atoms with Gasteiger partial charge in [0.05, 0.1) is 18.3 Å². The molecule has 2 saturated carbocycles. The van der Waals surface area contributed by atoms with E-state index in [9.17, 15) is 5.11 Å². The van der Waals surface area contributed by atoms with Gasteiger partial charge in [-0.05, 0) is 37.5 Å². The van der Waals surface area contributed by atoms with E-state index in [0.717, 1.165) is 18.8 Å². The Balaban J connectivity index is 1.91. The summed E-state index contributed by atoms with van der Waals surface area (Å²) in [5.74, 6) is 1.45. The lowest BCUT2D eigenvalue weighted by molar-refractivity contribution is -0.212. The summed E-state index contributed by atoms with van der Waals surface area (Å²) in [7, 11) is 0. The second-order valence-corrected chi connectivity index (χ2v) is 4.36. The van der Waals surface area contributed by atoms with Crippen molar-refractivity contribution in [2.24, 2.45) is 11.8 Å². The molecule has 0 unspecified atom stereocenters. The number of hydrogen-bond acceptors (Lipinski definition) is 2. The van der Waals surface area contributed by atoms with E-state index in [1.807, 2.05) is 0 Å². The fourth-order valence-corrected chi connectivity index (χ4v) is 3.16. The number of rotatable bonds is 0. The van der Waals surface area contributed by atoms with Crippen LogP contribution in [0, 0.1) is 11.8 Å². The molecule has 62 valence electrons. The molecule has 2 heteroatoms. The van der Waals surface area contributed by atoms with Gasteiger partial charge in [-0.15, -0.1) is 0 Å². The standard InChI is InChI=1S/C9H14O2/c10-9-6-1-5-2-7(4-6)11-8(9)3-5/h5-10H,1-4H2/t5-,6+,7-,8+,9-/m1/s1. The minimum atomic E-state index is -0.136. The van der Waals surface area contributed by atoms with Gasteiger partial charge in [-0.25, -0.2) is 0 Å². The minimum Gasteiger partial charge on any atom is -0.390 e. The fourth-order valence-electron chi connectivity index (χ4n) is 3.16. The third kappa shape index (κ3) is 0.798. The van der Waals surface area contributed by atoms with E-state index in [4.69, 9.17) is 4.74 Å². The Labute approximate surface area is 66.5 Å². The van der Waals surface area contributed by atoms with Crippen molar-refractivity contribution in [3.8, 4) is 0 Å². The van der Waals surface area contributed by atoms with Crippen molar-refractivity contribution < 1.29 is 9.84 Å². The molecule has 0 aromatic carbocycles. The summed E-state index contributed by atoms with van der Waals surface area (Å²) in [6, 6.07) is 0. The largest absolute Gasteiger partial charge is 0.390 e. The molecule has 0 aromatic rings. The van der Waals surface area contributed by atoms with Crippen molar-refractivity contribution in [1.82, 2.24) is 0 Å². The molecule has 5 atom stereocenters. The van der Waals surface area contributed by atoms with Gasteiger partial charge in [0, 0.05) is 0 Å². The molecule has 4 rings (SSSR count). The van der Waals surface area contributed by atoms with Gasteiger partial charge in [0.2, 0.25) is 0 Å². The molecule has 2 nitrogen and oxygen atoms in total. The highest BCUT2D eigenvalue weighted by molar-refractivity contribution is 4.98. The maximum absolute atomic E-state index is 9.70. The molecule has 0 radical (unpaired) electrons. The first-order valence-electron chi connectivity index (χ1n) is 4.66. The fraction of sp³-hybridized carbons (Fsp3) is 1.00. The lowest BCUT2D eigenvalue weighted by atomic mass is 9.66. The first-order valence-corrected chi connectivity index (χ1v) is 4.66. The van der Waals surface area contributed by atoms with Gasteiger partial charge in [-0.3, -0.25) is 0 Å². The van der Waals surface area contributed by atoms with Gasteiger partial charge in [0.15, 0.2) is 0 Å². The summed E-state index contributed by atoms with van der Waals surface area (Å²) in [5.41, 5.74) is 0. The van der Waals surface area contributed by atoms with Gasteiger partial charge < -0.3 is 9.84 Å². The average Bonchev–Trinajstić information content (AvgIpc) is 1.98. The van der Waals surface area contributed by atoms with E-state index >= 15 is 0 Å². The van der Waals surface area contributed by atoms with Crippen LogP contribution in [0.15, 0.2) is 0 Å². The van der Waals surface area contributed by atoms with Gasteiger partial charge >= 0.3 is 0 Å². The summed E-state index contributed by atoms with van der Waals surface area (Å²) >= 11 is 0. The van der Waals surface area contributed by atoms with E-state index < -0.39 is 0 Å². The molecule has 1 N–H and O–H groups in total. The average molecular weight is 154 g/mol. The highest BCUT2D eigenvalue weighted by atomic mass is 16.5. The third-order valence-corrected chi connectivity index (χ3v) is 3.59. The lowest BCUT2D eigenvalue weighted by Gasteiger charge is -2.52. The molecule has 4 aliphatic rings. The molecule has 2 heterocycles. The van der Waals surface area contributed by atoms with E-state index in [1.54, 1.807) is 0 Å². The Morgan fingerprint density at radius 3 is 2.73 bits per heavy atom. The summed E-state index contributed by atoms with van der Waals surface area (Å²) in [6.07, 6.45) is 5.33. The van der Waals surface area contributed by atoms with Crippen LogP contribution < -0.4 is 0 Å². The topological polar surface area (TPSA) is 29.5 Å². The number of hydrogen-bond donors (Lipinski definition) is 1. The zero-order valence-electron chi connectivity index (χ0n) is 6.57. The van der Waals surface area contributed by atoms with Crippen molar-refractivity contribution in [3.63, 3.8) is 0 Å². The Bertz CT molecular complexity index is 150. The maximum atomic E-state index is 9.70. The van der Waals surface area contributed by atoms with Crippen LogP contribution in [0.4, 0.5) is 0 Å². The van der Waals surface area contributed by atoms with Crippen molar-refractivity contribution in [2.45, 2.75) is 44.0 Å². The summed E-state index contributed by atoms with van der Waals surface area (Å²) in [5, 5.41) is 9.70. The van der Waals surface area contributed by atoms with Crippen LogP contribution in [0.3, 0.4) is 0 Å². The SMILES string of the molecule is O[C@@H]1[C@H]2C[C@@H]3C[C@H](C2)O[C@H]1C3. The van der Waals surface area contributed by atoms with Crippen LogP contribution in [0.5, 0.6) is 0 Å². The molecule has 0 amide bonds. The van der Waals surface area contributed by atoms with Gasteiger partial charge in [-0.1, -0.05) is 0 Å². The first kappa shape index (κ1) is 6.44. The van der Waals surface area contributed by atoms with Gasteiger partial charge in [-0.2, -0.15) is 0 Å². The quantitative estimate of drug-likeness (QED) is 0.562. The van der Waals surface area contributed by atoms with Crippen molar-refractivity contribution in [1.29, 1.82) is 0 Å². The van der Waals surface area contributed by atoms with Crippen molar-refractivity contribution >= 4 is 0 Å². The van der Waals surface area contributed by atoms with Crippen LogP contribution in [0.25, 0.3) is 0 Å². The highest BCUT2D eigenvalue weighted by Crippen LogP contribution is 2.47. The second kappa shape index (κ2) is 1.99. The Kier molecular flexibility index (Phi) is 1.16. The van der Waals surface area contributed by atoms with E-state index in [0.29, 0.717) is 12.0 Å². The predicted octanol–water partition coefficient (Wildman–Crippen LogP) is 0.935. The predicted molar refractivity (Wildman–Crippen MR) is 40.1 cm³/mol. The van der Waals surface area contributed by atoms with E-state index in [1.165, 1.54) is 12.8 Å². The van der Waals surface area contributed by atoms with E-state index in [-0.39, 0.29) is 12.2 Å². The van der Waals surface area contributed by atoms with Crippen LogP contribution in [0.2, 0.25) is 0 Å². The highest BCUT2D eigenvalue weighted by Gasteiger charge is 2.48. The molecule has 2 saturated heterocycles. The Morgan fingerprint density at radius 1 is 1.09 bits per heavy atom. The Hall–Kier alpha value is -0.0800. The smallest absolute Gasteiger partial charge is 0.0843 e. The van der Waals surface area contributed by atoms with E-state index in [2.05, 4.69) is 0 Å². The molecule has 4 fully saturated rings. The molecule has 0 spiro atoms. The lowest BCUT2D eigenvalue weighted by Crippen LogP contribution is -2.54. The molecule has 2 aliphatic heterocycles. The molecular weight excluding hydrogens is 140 g/mol. The first-order chi connectivity index (χ1) is 5.33. The minimum absolute atomic E-state index is 0.136. The maximum Gasteiger partial charge on any atom is 0.0843 e. The normalized spacial score (nSPS) is 60.3. The molecule has 4 bridgehead atoms. The van der Waals surface area contributed by atoms with Gasteiger partial charge in [0.1, 0.15) is 0 Å². The molecule has 2 aliphatic carbocycles. The second-order valence-electron chi connectivity index (χ2n) is 4.36. The van der Waals surface area contributed by atoms with Crippen LogP contribution in [0.1, 0.15) is 25.7 Å². The summed E-state index contributed by atoms with van der Waals surface area (Å²) < 4.78 is 5.69. The van der Waals surface area contributed by atoms with Crippen molar-refractivity contribution in [2.75, 3.05) is 0 Å². The molecular formula is C9H14O2.